The molecule has 0 amide bonds. The van der Waals surface area contributed by atoms with Gasteiger partial charge >= 0.3 is 6.18 Å². The van der Waals surface area contributed by atoms with Crippen molar-refractivity contribution < 1.29 is 13.2 Å². The van der Waals surface area contributed by atoms with E-state index < -0.39 is 18.0 Å². The van der Waals surface area contributed by atoms with Crippen LogP contribution >= 0.6 is 15.9 Å². The lowest BCUT2D eigenvalue weighted by Gasteiger charge is -2.24. The fraction of sp³-hybridized carbons (Fsp3) is 0.238. The number of halogens is 4. The van der Waals surface area contributed by atoms with Gasteiger partial charge in [0, 0.05) is 10.2 Å². The van der Waals surface area contributed by atoms with Crippen LogP contribution < -0.4 is 5.32 Å². The molecule has 150 valence electrons. The third-order valence-corrected chi connectivity index (χ3v) is 5.35. The Labute approximate surface area is 174 Å². The van der Waals surface area contributed by atoms with Gasteiger partial charge in [-0.2, -0.15) is 18.2 Å². The molecule has 4 nitrogen and oxygen atoms in total. The Kier molecular flexibility index (Phi) is 4.98. The summed E-state index contributed by atoms with van der Waals surface area (Å²) in [5.41, 5.74) is 3.53. The first-order chi connectivity index (χ1) is 13.7. The molecule has 0 radical (unpaired) electrons. The molecule has 0 spiro atoms. The topological polar surface area (TPSA) is 42.7 Å². The van der Waals surface area contributed by atoms with Crippen LogP contribution in [0.2, 0.25) is 0 Å². The Bertz CT molecular complexity index is 1050. The average Bonchev–Trinajstić information content (AvgIpc) is 3.12. The van der Waals surface area contributed by atoms with Crippen molar-refractivity contribution in [2.45, 2.75) is 32.0 Å². The summed E-state index contributed by atoms with van der Waals surface area (Å²) in [5.74, 6) is -0.727. The molecule has 0 saturated carbocycles. The molecule has 8 heteroatoms. The Balaban J connectivity index is 1.81. The largest absolute Gasteiger partial charge is 0.453 e. The molecule has 0 unspecified atom stereocenters. The molecule has 1 aromatic heterocycles. The molecule has 0 bridgehead atoms. The summed E-state index contributed by atoms with van der Waals surface area (Å²) in [7, 11) is 0. The number of nitrogens with one attached hydrogen (secondary N) is 1. The summed E-state index contributed by atoms with van der Waals surface area (Å²) in [5, 5.41) is 6.74. The van der Waals surface area contributed by atoms with Gasteiger partial charge in [-0.15, -0.1) is 5.10 Å². The maximum atomic E-state index is 13.2. The Morgan fingerprint density at radius 3 is 2.28 bits per heavy atom. The highest BCUT2D eigenvalue weighted by molar-refractivity contribution is 9.10. The van der Waals surface area contributed by atoms with Crippen LogP contribution in [0.1, 0.15) is 48.3 Å². The third kappa shape index (κ3) is 3.94. The van der Waals surface area contributed by atoms with Gasteiger partial charge in [0.1, 0.15) is 6.04 Å². The second-order valence-corrected chi connectivity index (χ2v) is 8.10. The lowest BCUT2D eigenvalue weighted by Crippen LogP contribution is -2.20. The molecule has 29 heavy (non-hydrogen) atoms. The summed E-state index contributed by atoms with van der Waals surface area (Å²) in [4.78, 5) is 3.70. The van der Waals surface area contributed by atoms with Crippen LogP contribution in [0.3, 0.4) is 0 Å². The van der Waals surface area contributed by atoms with Gasteiger partial charge < -0.3 is 5.32 Å². The molecular weight excluding hydrogens is 445 g/mol. The van der Waals surface area contributed by atoms with Crippen molar-refractivity contribution in [3.63, 3.8) is 0 Å². The fourth-order valence-corrected chi connectivity index (χ4v) is 3.49. The summed E-state index contributed by atoms with van der Waals surface area (Å²) in [6.45, 7) is 4.19. The highest BCUT2D eigenvalue weighted by atomic mass is 79.9. The number of alkyl halides is 3. The summed E-state index contributed by atoms with van der Waals surface area (Å²) in [6, 6.07) is 14.9. The minimum absolute atomic E-state index is 0.0654. The van der Waals surface area contributed by atoms with E-state index in [0.717, 1.165) is 21.2 Å². The summed E-state index contributed by atoms with van der Waals surface area (Å²) >= 11 is 3.40. The molecule has 4 rings (SSSR count). The second kappa shape index (κ2) is 7.33. The molecule has 1 N–H and O–H groups in total. The third-order valence-electron chi connectivity index (χ3n) is 4.82. The van der Waals surface area contributed by atoms with Gasteiger partial charge in [0.2, 0.25) is 5.95 Å². The van der Waals surface area contributed by atoms with Gasteiger partial charge in [0.05, 0.1) is 0 Å². The number of rotatable bonds is 3. The van der Waals surface area contributed by atoms with E-state index in [1.165, 1.54) is 4.68 Å². The number of fused-ring (bicyclic) bond motifs is 1. The van der Waals surface area contributed by atoms with Crippen LogP contribution in [0, 0.1) is 0 Å². The number of allylic oxidation sites excluding steroid dienone is 1. The van der Waals surface area contributed by atoms with E-state index >= 15 is 0 Å². The zero-order chi connectivity index (χ0) is 20.8. The number of hydrogen-bond donors (Lipinski definition) is 1. The van der Waals surface area contributed by atoms with E-state index in [2.05, 4.69) is 45.2 Å². The van der Waals surface area contributed by atoms with E-state index in [1.54, 1.807) is 0 Å². The monoisotopic (exact) mass is 462 g/mol. The summed E-state index contributed by atoms with van der Waals surface area (Å²) < 4.78 is 41.9. The van der Waals surface area contributed by atoms with Gasteiger partial charge in [0.25, 0.3) is 5.82 Å². The number of nitrogens with zero attached hydrogens (tertiary/aromatic N) is 3. The normalized spacial score (nSPS) is 16.4. The van der Waals surface area contributed by atoms with E-state index in [4.69, 9.17) is 0 Å². The van der Waals surface area contributed by atoms with Gasteiger partial charge in [0.15, 0.2) is 0 Å². The standard InChI is InChI=1S/C21H18BrF3N4/c1-12(2)13-3-5-15(6-4-13)18-11-17(14-7-9-16(22)10-8-14)26-20-27-19(21(23,24)25)28-29(18)20/h3-12,18H,1-2H3,(H,26,27,28)/t18-/m0/s1. The zero-order valence-corrected chi connectivity index (χ0v) is 17.3. The maximum Gasteiger partial charge on any atom is 0.453 e. The first-order valence-corrected chi connectivity index (χ1v) is 9.90. The first-order valence-electron chi connectivity index (χ1n) is 9.11. The molecule has 2 heterocycles. The van der Waals surface area contributed by atoms with Crippen molar-refractivity contribution in [2.24, 2.45) is 0 Å². The lowest BCUT2D eigenvalue weighted by atomic mass is 9.97. The van der Waals surface area contributed by atoms with Crippen LogP contribution in [0.25, 0.3) is 5.70 Å². The van der Waals surface area contributed by atoms with Crippen LogP contribution in [-0.2, 0) is 6.18 Å². The van der Waals surface area contributed by atoms with Gasteiger partial charge in [-0.1, -0.05) is 66.2 Å². The first kappa shape index (κ1) is 19.7. The molecule has 1 aliphatic heterocycles. The van der Waals surface area contributed by atoms with Crippen molar-refractivity contribution >= 4 is 27.6 Å². The molecule has 1 atom stereocenters. The Morgan fingerprint density at radius 2 is 1.69 bits per heavy atom. The van der Waals surface area contributed by atoms with Gasteiger partial charge in [-0.3, -0.25) is 0 Å². The number of anilines is 1. The number of hydrogen-bond acceptors (Lipinski definition) is 3. The highest BCUT2D eigenvalue weighted by Crippen LogP contribution is 2.36. The van der Waals surface area contributed by atoms with E-state index in [0.29, 0.717) is 11.6 Å². The SMILES string of the molecule is CC(C)c1ccc([C@@H]2C=C(c3ccc(Br)cc3)Nc3nc(C(F)(F)F)nn32)cc1. The van der Waals surface area contributed by atoms with Gasteiger partial charge in [-0.05, 0) is 40.8 Å². The van der Waals surface area contributed by atoms with Crippen LogP contribution in [0.4, 0.5) is 19.1 Å². The van der Waals surface area contributed by atoms with Crippen LogP contribution in [0.5, 0.6) is 0 Å². The highest BCUT2D eigenvalue weighted by Gasteiger charge is 2.39. The molecule has 1 aliphatic rings. The molecule has 2 aromatic carbocycles. The van der Waals surface area contributed by atoms with E-state index in [1.807, 2.05) is 54.6 Å². The average molecular weight is 463 g/mol. The molecule has 3 aromatic rings. The van der Waals surface area contributed by atoms with Crippen LogP contribution in [0.15, 0.2) is 59.1 Å². The maximum absolute atomic E-state index is 13.2. The molecule has 0 saturated heterocycles. The predicted molar refractivity (Wildman–Crippen MR) is 109 cm³/mol. The lowest BCUT2D eigenvalue weighted by molar-refractivity contribution is -0.145. The Morgan fingerprint density at radius 1 is 1.03 bits per heavy atom. The Hall–Kier alpha value is -2.61. The van der Waals surface area contributed by atoms with Gasteiger partial charge in [-0.25, -0.2) is 4.68 Å². The zero-order valence-electron chi connectivity index (χ0n) is 15.7. The van der Waals surface area contributed by atoms with Crippen molar-refractivity contribution in [3.8, 4) is 0 Å². The fourth-order valence-electron chi connectivity index (χ4n) is 3.23. The second-order valence-electron chi connectivity index (χ2n) is 7.18. The smallest absolute Gasteiger partial charge is 0.324 e. The van der Waals surface area contributed by atoms with Crippen molar-refractivity contribution in [1.82, 2.24) is 14.8 Å². The summed E-state index contributed by atoms with van der Waals surface area (Å²) in [6.07, 6.45) is -2.74. The molecule has 0 fully saturated rings. The van der Waals surface area contributed by atoms with Crippen molar-refractivity contribution in [3.05, 3.63) is 81.6 Å². The van der Waals surface area contributed by atoms with E-state index in [-0.39, 0.29) is 5.95 Å². The van der Waals surface area contributed by atoms with Crippen molar-refractivity contribution in [2.75, 3.05) is 5.32 Å². The quantitative estimate of drug-likeness (QED) is 0.500. The van der Waals surface area contributed by atoms with E-state index in [9.17, 15) is 13.2 Å². The predicted octanol–water partition coefficient (Wildman–Crippen LogP) is 6.24. The number of aromatic nitrogens is 3. The minimum atomic E-state index is -4.62. The minimum Gasteiger partial charge on any atom is -0.324 e. The number of benzene rings is 2. The molecule has 0 aliphatic carbocycles. The van der Waals surface area contributed by atoms with Crippen LogP contribution in [-0.4, -0.2) is 14.8 Å². The van der Waals surface area contributed by atoms with Crippen molar-refractivity contribution in [1.29, 1.82) is 0 Å². The molecular formula is C21H18BrF3N4.